The molecular weight excluding hydrogens is 258 g/mol. The SMILES string of the molecule is COc1ncccc1-c1cc(NC=O)nc2ccnn12. The number of pyridine rings is 1. The van der Waals surface area contributed by atoms with E-state index in [-0.39, 0.29) is 0 Å². The van der Waals surface area contributed by atoms with Crippen molar-refractivity contribution < 1.29 is 9.53 Å². The highest BCUT2D eigenvalue weighted by Gasteiger charge is 2.13. The third-order valence-corrected chi connectivity index (χ3v) is 2.81. The largest absolute Gasteiger partial charge is 0.481 e. The third kappa shape index (κ3) is 1.95. The number of ether oxygens (including phenoxy) is 1. The van der Waals surface area contributed by atoms with Crippen LogP contribution in [-0.4, -0.2) is 33.1 Å². The standard InChI is InChI=1S/C13H11N5O2/c1-20-13-9(3-2-5-14-13)10-7-11(15-8-19)17-12-4-6-16-18(10)12/h2-8H,1H3,(H,15,17,19). The number of hydrogen-bond acceptors (Lipinski definition) is 5. The second kappa shape index (κ2) is 4.96. The molecule has 0 saturated heterocycles. The van der Waals surface area contributed by atoms with Gasteiger partial charge in [-0.05, 0) is 12.1 Å². The van der Waals surface area contributed by atoms with Crippen molar-refractivity contribution in [2.45, 2.75) is 0 Å². The second-order valence-corrected chi connectivity index (χ2v) is 3.95. The first-order chi connectivity index (χ1) is 9.83. The van der Waals surface area contributed by atoms with Gasteiger partial charge in [0.25, 0.3) is 0 Å². The smallest absolute Gasteiger partial charge is 0.222 e. The minimum atomic E-state index is 0.439. The van der Waals surface area contributed by atoms with Gasteiger partial charge >= 0.3 is 0 Å². The van der Waals surface area contributed by atoms with E-state index < -0.39 is 0 Å². The molecule has 0 bridgehead atoms. The third-order valence-electron chi connectivity index (χ3n) is 2.81. The van der Waals surface area contributed by atoms with E-state index in [9.17, 15) is 4.79 Å². The Morgan fingerprint density at radius 2 is 2.25 bits per heavy atom. The predicted molar refractivity (Wildman–Crippen MR) is 72.5 cm³/mol. The molecule has 0 radical (unpaired) electrons. The molecule has 0 unspecified atom stereocenters. The highest BCUT2D eigenvalue weighted by molar-refractivity contribution is 5.75. The van der Waals surface area contributed by atoms with E-state index >= 15 is 0 Å². The van der Waals surface area contributed by atoms with Crippen LogP contribution in [0.25, 0.3) is 16.9 Å². The van der Waals surface area contributed by atoms with Crippen LogP contribution in [0.4, 0.5) is 5.82 Å². The molecule has 0 spiro atoms. The summed E-state index contributed by atoms with van der Waals surface area (Å²) < 4.78 is 6.92. The van der Waals surface area contributed by atoms with E-state index in [0.29, 0.717) is 23.8 Å². The topological polar surface area (TPSA) is 81.4 Å². The second-order valence-electron chi connectivity index (χ2n) is 3.95. The van der Waals surface area contributed by atoms with E-state index in [4.69, 9.17) is 4.74 Å². The summed E-state index contributed by atoms with van der Waals surface area (Å²) in [5.41, 5.74) is 2.12. The van der Waals surface area contributed by atoms with Crippen LogP contribution in [0, 0.1) is 0 Å². The highest BCUT2D eigenvalue weighted by Crippen LogP contribution is 2.29. The summed E-state index contributed by atoms with van der Waals surface area (Å²) in [6.45, 7) is 0. The lowest BCUT2D eigenvalue weighted by atomic mass is 10.2. The first-order valence-corrected chi connectivity index (χ1v) is 5.88. The number of methoxy groups -OCH3 is 1. The molecule has 0 atom stereocenters. The van der Waals surface area contributed by atoms with Gasteiger partial charge in [-0.25, -0.2) is 14.5 Å². The van der Waals surface area contributed by atoms with Crippen molar-refractivity contribution in [3.63, 3.8) is 0 Å². The first-order valence-electron chi connectivity index (χ1n) is 5.88. The predicted octanol–water partition coefficient (Wildman–Crippen LogP) is 1.37. The summed E-state index contributed by atoms with van der Waals surface area (Å²) in [6.07, 6.45) is 3.87. The first kappa shape index (κ1) is 12.1. The van der Waals surface area contributed by atoms with Gasteiger partial charge in [0.15, 0.2) is 5.65 Å². The molecule has 3 aromatic heterocycles. The normalized spacial score (nSPS) is 10.4. The van der Waals surface area contributed by atoms with Crippen molar-refractivity contribution in [1.82, 2.24) is 19.6 Å². The number of carbonyl (C=O) groups excluding carboxylic acids is 1. The minimum Gasteiger partial charge on any atom is -0.481 e. The van der Waals surface area contributed by atoms with E-state index in [1.54, 1.807) is 42.2 Å². The van der Waals surface area contributed by atoms with E-state index in [1.165, 1.54) is 0 Å². The van der Waals surface area contributed by atoms with Gasteiger partial charge in [-0.1, -0.05) is 0 Å². The zero-order valence-corrected chi connectivity index (χ0v) is 10.6. The van der Waals surface area contributed by atoms with Gasteiger partial charge in [-0.3, -0.25) is 4.79 Å². The maximum atomic E-state index is 10.6. The molecule has 0 aliphatic rings. The number of anilines is 1. The molecule has 0 aromatic carbocycles. The van der Waals surface area contributed by atoms with Gasteiger partial charge < -0.3 is 10.1 Å². The number of hydrogen-bond donors (Lipinski definition) is 1. The Labute approximate surface area is 114 Å². The lowest BCUT2D eigenvalue weighted by molar-refractivity contribution is -0.105. The summed E-state index contributed by atoms with van der Waals surface area (Å²) in [5.74, 6) is 0.918. The van der Waals surface area contributed by atoms with Crippen LogP contribution in [0.5, 0.6) is 5.88 Å². The highest BCUT2D eigenvalue weighted by atomic mass is 16.5. The number of carbonyl (C=O) groups is 1. The van der Waals surface area contributed by atoms with Crippen LogP contribution in [0.3, 0.4) is 0 Å². The number of aromatic nitrogens is 4. The molecule has 0 fully saturated rings. The van der Waals surface area contributed by atoms with Gasteiger partial charge in [-0.2, -0.15) is 5.10 Å². The monoisotopic (exact) mass is 269 g/mol. The fourth-order valence-electron chi connectivity index (χ4n) is 1.99. The van der Waals surface area contributed by atoms with Crippen LogP contribution in [0.15, 0.2) is 36.7 Å². The van der Waals surface area contributed by atoms with Crippen LogP contribution in [0.2, 0.25) is 0 Å². The van der Waals surface area contributed by atoms with Gasteiger partial charge in [0.05, 0.1) is 24.6 Å². The number of fused-ring (bicyclic) bond motifs is 1. The van der Waals surface area contributed by atoms with Crippen molar-refractivity contribution in [2.24, 2.45) is 0 Å². The summed E-state index contributed by atoms with van der Waals surface area (Å²) in [6, 6.07) is 7.14. The molecule has 1 amide bonds. The van der Waals surface area contributed by atoms with Crippen LogP contribution in [-0.2, 0) is 4.79 Å². The Morgan fingerprint density at radius 1 is 1.35 bits per heavy atom. The van der Waals surface area contributed by atoms with E-state index in [1.807, 2.05) is 6.07 Å². The molecule has 20 heavy (non-hydrogen) atoms. The molecule has 0 saturated carbocycles. The lowest BCUT2D eigenvalue weighted by Gasteiger charge is -2.10. The Balaban J connectivity index is 2.28. The zero-order valence-electron chi connectivity index (χ0n) is 10.6. The van der Waals surface area contributed by atoms with Crippen molar-refractivity contribution in [2.75, 3.05) is 12.4 Å². The molecule has 7 nitrogen and oxygen atoms in total. The molecular formula is C13H11N5O2. The Hall–Kier alpha value is -2.96. The van der Waals surface area contributed by atoms with E-state index in [0.717, 1.165) is 11.3 Å². The molecule has 7 heteroatoms. The van der Waals surface area contributed by atoms with Crippen molar-refractivity contribution in [3.05, 3.63) is 36.7 Å². The summed E-state index contributed by atoms with van der Waals surface area (Å²) >= 11 is 0. The summed E-state index contributed by atoms with van der Waals surface area (Å²) in [5, 5.41) is 6.77. The van der Waals surface area contributed by atoms with E-state index in [2.05, 4.69) is 20.4 Å². The maximum Gasteiger partial charge on any atom is 0.222 e. The van der Waals surface area contributed by atoms with Gasteiger partial charge in [-0.15, -0.1) is 0 Å². The van der Waals surface area contributed by atoms with Crippen LogP contribution >= 0.6 is 0 Å². The molecule has 100 valence electrons. The molecule has 3 rings (SSSR count). The quantitative estimate of drug-likeness (QED) is 0.723. The van der Waals surface area contributed by atoms with Crippen molar-refractivity contribution in [3.8, 4) is 17.1 Å². The molecule has 0 aliphatic carbocycles. The van der Waals surface area contributed by atoms with Crippen LogP contribution in [0.1, 0.15) is 0 Å². The molecule has 3 heterocycles. The maximum absolute atomic E-state index is 10.6. The summed E-state index contributed by atoms with van der Waals surface area (Å²) in [7, 11) is 1.55. The Morgan fingerprint density at radius 3 is 3.05 bits per heavy atom. The lowest BCUT2D eigenvalue weighted by Crippen LogP contribution is -2.03. The van der Waals surface area contributed by atoms with Crippen molar-refractivity contribution in [1.29, 1.82) is 0 Å². The fraction of sp³-hybridized carbons (Fsp3) is 0.0769. The van der Waals surface area contributed by atoms with Crippen LogP contribution < -0.4 is 10.1 Å². The number of nitrogens with zero attached hydrogens (tertiary/aromatic N) is 4. The molecule has 1 N–H and O–H groups in total. The Bertz CT molecular complexity index is 768. The van der Waals surface area contributed by atoms with Gasteiger partial charge in [0, 0.05) is 18.3 Å². The average Bonchev–Trinajstić information content (AvgIpc) is 2.95. The summed E-state index contributed by atoms with van der Waals surface area (Å²) in [4.78, 5) is 19.0. The minimum absolute atomic E-state index is 0.439. The average molecular weight is 269 g/mol. The van der Waals surface area contributed by atoms with Gasteiger partial charge in [0.1, 0.15) is 5.82 Å². The fourth-order valence-corrected chi connectivity index (χ4v) is 1.99. The zero-order chi connectivity index (χ0) is 13.9. The number of rotatable bonds is 4. The molecule has 0 aliphatic heterocycles. The molecule has 3 aromatic rings. The van der Waals surface area contributed by atoms with Gasteiger partial charge in [0.2, 0.25) is 12.3 Å². The Kier molecular flexibility index (Phi) is 3.00. The van der Waals surface area contributed by atoms with Crippen molar-refractivity contribution >= 4 is 17.9 Å². The number of nitrogens with one attached hydrogen (secondary N) is 1. The number of amides is 1.